The molecule has 26 heavy (non-hydrogen) atoms. The molecule has 1 heterocycles. The third-order valence-corrected chi connectivity index (χ3v) is 4.42. The molecule has 0 radical (unpaired) electrons. The normalized spacial score (nSPS) is 21.6. The zero-order valence-electron chi connectivity index (χ0n) is 14.1. The fraction of sp³-hybridized carbons (Fsp3) is 0.368. The Morgan fingerprint density at radius 3 is 2.50 bits per heavy atom. The lowest BCUT2D eigenvalue weighted by Gasteiger charge is -2.34. The van der Waals surface area contributed by atoms with Crippen LogP contribution in [0.1, 0.15) is 17.5 Å². The van der Waals surface area contributed by atoms with Crippen molar-refractivity contribution in [3.63, 3.8) is 0 Å². The van der Waals surface area contributed by atoms with Crippen molar-refractivity contribution < 1.29 is 23.0 Å². The largest absolute Gasteiger partial charge is 0.457 e. The van der Waals surface area contributed by atoms with Gasteiger partial charge >= 0.3 is 6.18 Å². The number of alkyl halides is 3. The zero-order valence-corrected chi connectivity index (χ0v) is 14.1. The number of halogens is 3. The van der Waals surface area contributed by atoms with E-state index in [1.165, 1.54) is 12.1 Å². The molecule has 2 atom stereocenters. The van der Waals surface area contributed by atoms with Crippen LogP contribution in [-0.4, -0.2) is 35.2 Å². The van der Waals surface area contributed by atoms with Crippen LogP contribution < -0.4 is 10.5 Å². The number of ether oxygens (including phenoxy) is 1. The van der Waals surface area contributed by atoms with Crippen molar-refractivity contribution in [3.05, 3.63) is 59.7 Å². The molecule has 1 aliphatic rings. The van der Waals surface area contributed by atoms with Gasteiger partial charge in [0, 0.05) is 25.7 Å². The first kappa shape index (κ1) is 18.7. The smallest absolute Gasteiger partial charge is 0.416 e. The van der Waals surface area contributed by atoms with E-state index >= 15 is 0 Å². The van der Waals surface area contributed by atoms with Gasteiger partial charge in [-0.2, -0.15) is 13.2 Å². The molecule has 0 spiro atoms. The number of aliphatic hydroxyl groups is 1. The molecular weight excluding hydrogens is 345 g/mol. The first-order valence-electron chi connectivity index (χ1n) is 8.41. The second kappa shape index (κ2) is 7.65. The predicted octanol–water partition coefficient (Wildman–Crippen LogP) is 3.39. The maximum atomic E-state index is 12.8. The number of nitrogens with zero attached hydrogens (tertiary/aromatic N) is 1. The number of β-amino-alcohol motifs (C(OH)–C–C–N with tert-alkyl or cyclic N) is 1. The summed E-state index contributed by atoms with van der Waals surface area (Å²) in [4.78, 5) is 2.09. The quantitative estimate of drug-likeness (QED) is 0.871. The number of nitrogens with two attached hydrogens (primary N) is 1. The third-order valence-electron chi connectivity index (χ3n) is 4.42. The highest BCUT2D eigenvalue weighted by molar-refractivity contribution is 5.36. The van der Waals surface area contributed by atoms with Gasteiger partial charge in [-0.25, -0.2) is 0 Å². The standard InChI is InChI=1S/C19H21F3N2O2/c20-19(21,22)14-4-2-6-16(10-14)26-15-5-1-3-13(9-15)11-24-8-7-17(23)18(25)12-24/h1-6,9-10,17-18,25H,7-8,11-12,23H2/t17-,18-/m1/s1. The second-order valence-corrected chi connectivity index (χ2v) is 6.53. The summed E-state index contributed by atoms with van der Waals surface area (Å²) in [5.41, 5.74) is 6.02. The minimum atomic E-state index is -4.41. The van der Waals surface area contributed by atoms with Gasteiger partial charge < -0.3 is 15.6 Å². The van der Waals surface area contributed by atoms with Gasteiger partial charge in [0.15, 0.2) is 0 Å². The van der Waals surface area contributed by atoms with Crippen LogP contribution in [0.2, 0.25) is 0 Å². The average molecular weight is 366 g/mol. The molecule has 2 aromatic carbocycles. The second-order valence-electron chi connectivity index (χ2n) is 6.53. The molecule has 1 fully saturated rings. The third kappa shape index (κ3) is 4.75. The van der Waals surface area contributed by atoms with E-state index in [1.54, 1.807) is 18.2 Å². The van der Waals surface area contributed by atoms with Crippen molar-refractivity contribution in [3.8, 4) is 11.5 Å². The van der Waals surface area contributed by atoms with Crippen molar-refractivity contribution in [2.75, 3.05) is 13.1 Å². The Kier molecular flexibility index (Phi) is 5.50. The lowest BCUT2D eigenvalue weighted by atomic mass is 10.0. The van der Waals surface area contributed by atoms with Crippen LogP contribution in [0.4, 0.5) is 13.2 Å². The molecule has 7 heteroatoms. The molecule has 0 aliphatic carbocycles. The Morgan fingerprint density at radius 1 is 1.12 bits per heavy atom. The minimum absolute atomic E-state index is 0.136. The number of hydrogen-bond acceptors (Lipinski definition) is 4. The molecular formula is C19H21F3N2O2. The summed E-state index contributed by atoms with van der Waals surface area (Å²) in [6.07, 6.45) is -4.23. The highest BCUT2D eigenvalue weighted by atomic mass is 19.4. The molecule has 0 bridgehead atoms. The molecule has 0 aromatic heterocycles. The highest BCUT2D eigenvalue weighted by Crippen LogP contribution is 2.32. The van der Waals surface area contributed by atoms with E-state index in [2.05, 4.69) is 4.90 Å². The summed E-state index contributed by atoms with van der Waals surface area (Å²) in [5, 5.41) is 9.88. The highest BCUT2D eigenvalue weighted by Gasteiger charge is 2.30. The van der Waals surface area contributed by atoms with Crippen LogP contribution >= 0.6 is 0 Å². The molecule has 0 saturated carbocycles. The van der Waals surface area contributed by atoms with Crippen LogP contribution in [0.15, 0.2) is 48.5 Å². The molecule has 1 saturated heterocycles. The SMILES string of the molecule is N[C@@H]1CCN(Cc2cccc(Oc3cccc(C(F)(F)F)c3)c2)C[C@H]1O. The summed E-state index contributed by atoms with van der Waals surface area (Å²) in [6, 6.07) is 11.8. The molecule has 3 N–H and O–H groups in total. The van der Waals surface area contributed by atoms with E-state index in [0.29, 0.717) is 18.8 Å². The Bertz CT molecular complexity index is 752. The van der Waals surface area contributed by atoms with Crippen molar-refractivity contribution in [2.45, 2.75) is 31.3 Å². The molecule has 4 nitrogen and oxygen atoms in total. The molecule has 140 valence electrons. The molecule has 2 aromatic rings. The van der Waals surface area contributed by atoms with Gasteiger partial charge in [0.2, 0.25) is 0 Å². The number of hydrogen-bond donors (Lipinski definition) is 2. The molecule has 0 amide bonds. The van der Waals surface area contributed by atoms with E-state index in [0.717, 1.165) is 30.7 Å². The number of piperidine rings is 1. The first-order valence-corrected chi connectivity index (χ1v) is 8.41. The maximum absolute atomic E-state index is 12.8. The average Bonchev–Trinajstić information content (AvgIpc) is 2.58. The van der Waals surface area contributed by atoms with Crippen LogP contribution in [-0.2, 0) is 12.7 Å². The summed E-state index contributed by atoms with van der Waals surface area (Å²) in [5.74, 6) is 0.604. The van der Waals surface area contributed by atoms with E-state index in [9.17, 15) is 18.3 Å². The fourth-order valence-corrected chi connectivity index (χ4v) is 3.00. The fourth-order valence-electron chi connectivity index (χ4n) is 3.00. The van der Waals surface area contributed by atoms with Gasteiger partial charge in [-0.3, -0.25) is 4.90 Å². The van der Waals surface area contributed by atoms with Gasteiger partial charge in [0.05, 0.1) is 11.7 Å². The van der Waals surface area contributed by atoms with Gasteiger partial charge in [-0.05, 0) is 42.3 Å². The number of likely N-dealkylation sites (tertiary alicyclic amines) is 1. The Labute approximate surface area is 150 Å². The van der Waals surface area contributed by atoms with Gasteiger partial charge in [0.1, 0.15) is 11.5 Å². The van der Waals surface area contributed by atoms with E-state index in [1.807, 2.05) is 6.07 Å². The molecule has 3 rings (SSSR count). The van der Waals surface area contributed by atoms with Crippen LogP contribution in [0, 0.1) is 0 Å². The van der Waals surface area contributed by atoms with E-state index in [-0.39, 0.29) is 11.8 Å². The summed E-state index contributed by atoms with van der Waals surface area (Å²) in [6.45, 7) is 1.90. The lowest BCUT2D eigenvalue weighted by molar-refractivity contribution is -0.137. The van der Waals surface area contributed by atoms with Crippen molar-refractivity contribution in [1.29, 1.82) is 0 Å². The lowest BCUT2D eigenvalue weighted by Crippen LogP contribution is -2.50. The van der Waals surface area contributed by atoms with Crippen molar-refractivity contribution >= 4 is 0 Å². The molecule has 1 aliphatic heterocycles. The zero-order chi connectivity index (χ0) is 18.7. The van der Waals surface area contributed by atoms with Crippen LogP contribution in [0.5, 0.6) is 11.5 Å². The van der Waals surface area contributed by atoms with Crippen LogP contribution in [0.3, 0.4) is 0 Å². The summed E-state index contributed by atoms with van der Waals surface area (Å²) < 4.78 is 44.0. The summed E-state index contributed by atoms with van der Waals surface area (Å²) in [7, 11) is 0. The molecule has 0 unspecified atom stereocenters. The maximum Gasteiger partial charge on any atom is 0.416 e. The van der Waals surface area contributed by atoms with Crippen molar-refractivity contribution in [1.82, 2.24) is 4.90 Å². The monoisotopic (exact) mass is 366 g/mol. The van der Waals surface area contributed by atoms with E-state index < -0.39 is 17.8 Å². The predicted molar refractivity (Wildman–Crippen MR) is 91.8 cm³/mol. The number of aliphatic hydroxyl groups excluding tert-OH is 1. The van der Waals surface area contributed by atoms with Gasteiger partial charge in [0.25, 0.3) is 0 Å². The van der Waals surface area contributed by atoms with E-state index in [4.69, 9.17) is 10.5 Å². The van der Waals surface area contributed by atoms with Gasteiger partial charge in [-0.1, -0.05) is 18.2 Å². The Hall–Kier alpha value is -2.09. The number of benzene rings is 2. The Balaban J connectivity index is 1.68. The minimum Gasteiger partial charge on any atom is -0.457 e. The summed E-state index contributed by atoms with van der Waals surface area (Å²) >= 11 is 0. The number of rotatable bonds is 4. The topological polar surface area (TPSA) is 58.7 Å². The van der Waals surface area contributed by atoms with Gasteiger partial charge in [-0.15, -0.1) is 0 Å². The van der Waals surface area contributed by atoms with Crippen LogP contribution in [0.25, 0.3) is 0 Å². The first-order chi connectivity index (χ1) is 12.3. The van der Waals surface area contributed by atoms with Crippen molar-refractivity contribution in [2.24, 2.45) is 5.73 Å². The Morgan fingerprint density at radius 2 is 1.81 bits per heavy atom.